The zero-order valence-corrected chi connectivity index (χ0v) is 20.8. The highest BCUT2D eigenvalue weighted by Crippen LogP contribution is 2.40. The molecule has 0 spiro atoms. The standard InChI is InChI=1S/C27H25N3O3S2/c31-24(28-18-11-12-20-21(14-18)33-16-32-20)15-34-26-25-19-8-4-5-9-22(19)35-27(25)30-23(29-26)13-10-17-6-2-1-3-7-17/h1-3,6-7,11-12,14H,4-5,8-10,13,15-16H2,(H,28,31). The van der Waals surface area contributed by atoms with Crippen molar-refractivity contribution in [3.05, 3.63) is 70.4 Å². The summed E-state index contributed by atoms with van der Waals surface area (Å²) < 4.78 is 10.8. The molecule has 6 nitrogen and oxygen atoms in total. The highest BCUT2D eigenvalue weighted by atomic mass is 32.2. The lowest BCUT2D eigenvalue weighted by molar-refractivity contribution is -0.113. The first-order valence-corrected chi connectivity index (χ1v) is 13.7. The maximum atomic E-state index is 12.8. The Bertz CT molecular complexity index is 1390. The molecular formula is C27H25N3O3S2. The van der Waals surface area contributed by atoms with Gasteiger partial charge in [0, 0.05) is 28.4 Å². The zero-order valence-electron chi connectivity index (χ0n) is 19.2. The number of aromatic nitrogens is 2. The van der Waals surface area contributed by atoms with Gasteiger partial charge in [0.25, 0.3) is 0 Å². The van der Waals surface area contributed by atoms with Crippen LogP contribution in [0.1, 0.15) is 34.7 Å². The zero-order chi connectivity index (χ0) is 23.6. The maximum absolute atomic E-state index is 12.8. The van der Waals surface area contributed by atoms with Crippen LogP contribution in [0.2, 0.25) is 0 Å². The number of hydrogen-bond donors (Lipinski definition) is 1. The summed E-state index contributed by atoms with van der Waals surface area (Å²) in [6.07, 6.45) is 6.28. The molecule has 1 aliphatic carbocycles. The maximum Gasteiger partial charge on any atom is 0.234 e. The molecule has 1 amide bonds. The van der Waals surface area contributed by atoms with E-state index in [-0.39, 0.29) is 18.5 Å². The van der Waals surface area contributed by atoms with E-state index < -0.39 is 0 Å². The van der Waals surface area contributed by atoms with E-state index in [9.17, 15) is 4.79 Å². The number of nitrogens with zero attached hydrogens (tertiary/aromatic N) is 2. The first-order valence-electron chi connectivity index (χ1n) is 11.9. The average Bonchev–Trinajstić information content (AvgIpc) is 3.50. The highest BCUT2D eigenvalue weighted by Gasteiger charge is 2.22. The average molecular weight is 504 g/mol. The van der Waals surface area contributed by atoms with Crippen LogP contribution in [-0.4, -0.2) is 28.4 Å². The molecule has 178 valence electrons. The number of carbonyl (C=O) groups is 1. The summed E-state index contributed by atoms with van der Waals surface area (Å²) in [5.74, 6) is 2.41. The van der Waals surface area contributed by atoms with Crippen molar-refractivity contribution in [1.29, 1.82) is 0 Å². The van der Waals surface area contributed by atoms with E-state index in [0.717, 1.165) is 46.8 Å². The second kappa shape index (κ2) is 9.87. The van der Waals surface area contributed by atoms with Crippen LogP contribution in [-0.2, 0) is 30.5 Å². The predicted octanol–water partition coefficient (Wildman–Crippen LogP) is 5.81. The molecule has 0 saturated heterocycles. The number of benzene rings is 2. The van der Waals surface area contributed by atoms with Gasteiger partial charge in [-0.3, -0.25) is 4.79 Å². The van der Waals surface area contributed by atoms with Crippen molar-refractivity contribution in [2.24, 2.45) is 0 Å². The molecule has 4 aromatic rings. The lowest BCUT2D eigenvalue weighted by Crippen LogP contribution is -2.14. The van der Waals surface area contributed by atoms with E-state index in [0.29, 0.717) is 17.2 Å². The van der Waals surface area contributed by atoms with Gasteiger partial charge in [-0.25, -0.2) is 9.97 Å². The van der Waals surface area contributed by atoms with Crippen LogP contribution in [0.25, 0.3) is 10.2 Å². The summed E-state index contributed by atoms with van der Waals surface area (Å²) in [4.78, 5) is 25.2. The normalized spacial score (nSPS) is 14.2. The van der Waals surface area contributed by atoms with E-state index in [2.05, 4.69) is 29.6 Å². The van der Waals surface area contributed by atoms with Gasteiger partial charge in [-0.1, -0.05) is 42.1 Å². The minimum Gasteiger partial charge on any atom is -0.454 e. The topological polar surface area (TPSA) is 73.3 Å². The van der Waals surface area contributed by atoms with Gasteiger partial charge in [0.05, 0.1) is 5.75 Å². The number of amides is 1. The van der Waals surface area contributed by atoms with Crippen LogP contribution in [0.15, 0.2) is 53.6 Å². The largest absolute Gasteiger partial charge is 0.454 e. The van der Waals surface area contributed by atoms with Gasteiger partial charge in [-0.05, 0) is 55.4 Å². The summed E-state index contributed by atoms with van der Waals surface area (Å²) in [6, 6.07) is 15.9. The highest BCUT2D eigenvalue weighted by molar-refractivity contribution is 8.00. The van der Waals surface area contributed by atoms with Crippen molar-refractivity contribution in [1.82, 2.24) is 9.97 Å². The van der Waals surface area contributed by atoms with Crippen molar-refractivity contribution in [3.8, 4) is 11.5 Å². The van der Waals surface area contributed by atoms with Crippen molar-refractivity contribution in [2.45, 2.75) is 43.6 Å². The number of hydrogen-bond acceptors (Lipinski definition) is 7. The molecule has 0 atom stereocenters. The number of anilines is 1. The number of rotatable bonds is 7. The van der Waals surface area contributed by atoms with Crippen molar-refractivity contribution >= 4 is 44.9 Å². The Morgan fingerprint density at radius 3 is 2.77 bits per heavy atom. The van der Waals surface area contributed by atoms with Crippen LogP contribution in [0.4, 0.5) is 5.69 Å². The molecule has 0 saturated carbocycles. The summed E-state index contributed by atoms with van der Waals surface area (Å²) in [7, 11) is 0. The molecule has 0 bridgehead atoms. The smallest absolute Gasteiger partial charge is 0.234 e. The minimum atomic E-state index is -0.0736. The van der Waals surface area contributed by atoms with Gasteiger partial charge in [-0.15, -0.1) is 11.3 Å². The van der Waals surface area contributed by atoms with Crippen LogP contribution in [0.3, 0.4) is 0 Å². The molecule has 2 aliphatic rings. The molecule has 1 aliphatic heterocycles. The number of aryl methyl sites for hydroxylation is 4. The lowest BCUT2D eigenvalue weighted by atomic mass is 9.97. The van der Waals surface area contributed by atoms with Gasteiger partial charge < -0.3 is 14.8 Å². The number of thioether (sulfide) groups is 1. The molecule has 8 heteroatoms. The molecule has 35 heavy (non-hydrogen) atoms. The number of carbonyl (C=O) groups excluding carboxylic acids is 1. The quantitative estimate of drug-likeness (QED) is 0.253. The van der Waals surface area contributed by atoms with E-state index >= 15 is 0 Å². The molecule has 0 unspecified atom stereocenters. The second-order valence-corrected chi connectivity index (χ2v) is 10.8. The molecule has 0 radical (unpaired) electrons. The summed E-state index contributed by atoms with van der Waals surface area (Å²) in [5, 5.41) is 5.06. The fourth-order valence-corrected chi connectivity index (χ4v) is 6.81. The van der Waals surface area contributed by atoms with Gasteiger partial charge >= 0.3 is 0 Å². The Hall–Kier alpha value is -3.10. The number of ether oxygens (including phenoxy) is 2. The second-order valence-electron chi connectivity index (χ2n) is 8.73. The molecule has 1 N–H and O–H groups in total. The van der Waals surface area contributed by atoms with Crippen molar-refractivity contribution in [3.63, 3.8) is 0 Å². The number of fused-ring (bicyclic) bond motifs is 4. The van der Waals surface area contributed by atoms with E-state index in [1.165, 1.54) is 40.6 Å². The Morgan fingerprint density at radius 2 is 1.86 bits per heavy atom. The fraction of sp³-hybridized carbons (Fsp3) is 0.296. The van der Waals surface area contributed by atoms with Crippen LogP contribution in [0, 0.1) is 0 Å². The van der Waals surface area contributed by atoms with Gasteiger partial charge in [0.2, 0.25) is 12.7 Å². The summed E-state index contributed by atoms with van der Waals surface area (Å²) in [6.45, 7) is 0.212. The van der Waals surface area contributed by atoms with Crippen LogP contribution >= 0.6 is 23.1 Å². The SMILES string of the molecule is O=C(CSc1nc(CCc2ccccc2)nc2sc3c(c12)CCCC3)Nc1ccc2c(c1)OCO2. The van der Waals surface area contributed by atoms with Crippen LogP contribution in [0.5, 0.6) is 11.5 Å². The van der Waals surface area contributed by atoms with E-state index in [4.69, 9.17) is 19.4 Å². The monoisotopic (exact) mass is 503 g/mol. The molecule has 2 aromatic carbocycles. The van der Waals surface area contributed by atoms with Crippen molar-refractivity contribution < 1.29 is 14.3 Å². The number of thiophene rings is 1. The Morgan fingerprint density at radius 1 is 1.00 bits per heavy atom. The first-order chi connectivity index (χ1) is 17.2. The Kier molecular flexibility index (Phi) is 6.31. The van der Waals surface area contributed by atoms with Crippen LogP contribution < -0.4 is 14.8 Å². The third kappa shape index (κ3) is 4.86. The molecule has 6 rings (SSSR count). The third-order valence-electron chi connectivity index (χ3n) is 6.30. The van der Waals surface area contributed by atoms with Crippen molar-refractivity contribution in [2.75, 3.05) is 17.9 Å². The molecule has 2 aromatic heterocycles. The predicted molar refractivity (Wildman–Crippen MR) is 140 cm³/mol. The Labute approximate surface area is 212 Å². The molecule has 3 heterocycles. The minimum absolute atomic E-state index is 0.0736. The van der Waals surface area contributed by atoms with E-state index in [1.807, 2.05) is 29.5 Å². The lowest BCUT2D eigenvalue weighted by Gasteiger charge is -2.12. The molecular weight excluding hydrogens is 478 g/mol. The first kappa shape index (κ1) is 22.4. The summed E-state index contributed by atoms with van der Waals surface area (Å²) >= 11 is 3.31. The fourth-order valence-electron chi connectivity index (χ4n) is 4.59. The van der Waals surface area contributed by atoms with Gasteiger partial charge in [0.15, 0.2) is 11.5 Å². The molecule has 0 fully saturated rings. The van der Waals surface area contributed by atoms with Gasteiger partial charge in [0.1, 0.15) is 15.7 Å². The van der Waals surface area contributed by atoms with Gasteiger partial charge in [-0.2, -0.15) is 0 Å². The Balaban J connectivity index is 1.22. The third-order valence-corrected chi connectivity index (χ3v) is 8.47. The summed E-state index contributed by atoms with van der Waals surface area (Å²) in [5.41, 5.74) is 3.37. The number of nitrogens with one attached hydrogen (secondary N) is 1. The van der Waals surface area contributed by atoms with E-state index in [1.54, 1.807) is 6.07 Å².